The molecule has 19 heavy (non-hydrogen) atoms. The zero-order valence-corrected chi connectivity index (χ0v) is 11.9. The number of fused-ring (bicyclic) bond motifs is 1. The molecule has 0 unspecified atom stereocenters. The summed E-state index contributed by atoms with van der Waals surface area (Å²) in [6.07, 6.45) is -4.25. The van der Waals surface area contributed by atoms with Gasteiger partial charge in [-0.1, -0.05) is 28.1 Å². The van der Waals surface area contributed by atoms with Crippen molar-refractivity contribution >= 4 is 32.9 Å². The van der Waals surface area contributed by atoms with Gasteiger partial charge in [0.25, 0.3) is 0 Å². The zero-order chi connectivity index (χ0) is 14.0. The highest BCUT2D eigenvalue weighted by Gasteiger charge is 2.32. The van der Waals surface area contributed by atoms with Crippen molar-refractivity contribution < 1.29 is 13.2 Å². The van der Waals surface area contributed by atoms with Gasteiger partial charge in [0.05, 0.1) is 11.0 Å². The molecule has 0 bridgehead atoms. The first-order valence-electron chi connectivity index (χ1n) is 5.71. The second-order valence-electron chi connectivity index (χ2n) is 4.19. The SMILES string of the molecule is Cn1c(N(CCBr)CC(F)(F)F)nc2ccccc21. The molecule has 0 aliphatic heterocycles. The molecule has 1 aromatic carbocycles. The molecule has 0 aliphatic carbocycles. The van der Waals surface area contributed by atoms with Crippen LogP contribution in [-0.4, -0.2) is 34.1 Å². The van der Waals surface area contributed by atoms with E-state index < -0.39 is 12.7 Å². The Morgan fingerprint density at radius 2 is 2.00 bits per heavy atom. The van der Waals surface area contributed by atoms with Crippen molar-refractivity contribution in [3.63, 3.8) is 0 Å². The van der Waals surface area contributed by atoms with Crippen molar-refractivity contribution in [2.24, 2.45) is 7.05 Å². The Morgan fingerprint density at radius 1 is 1.32 bits per heavy atom. The minimum absolute atomic E-state index is 0.247. The van der Waals surface area contributed by atoms with Gasteiger partial charge in [-0.25, -0.2) is 4.98 Å². The lowest BCUT2D eigenvalue weighted by molar-refractivity contribution is -0.119. The Balaban J connectivity index is 2.41. The number of nitrogens with zero attached hydrogens (tertiary/aromatic N) is 3. The van der Waals surface area contributed by atoms with Gasteiger partial charge in [0.1, 0.15) is 6.54 Å². The second kappa shape index (κ2) is 5.40. The average Bonchev–Trinajstić information content (AvgIpc) is 2.65. The summed E-state index contributed by atoms with van der Waals surface area (Å²) in [5, 5.41) is 0.451. The van der Waals surface area contributed by atoms with Crippen LogP contribution in [0.25, 0.3) is 11.0 Å². The first kappa shape index (κ1) is 14.2. The highest BCUT2D eigenvalue weighted by atomic mass is 79.9. The summed E-state index contributed by atoms with van der Waals surface area (Å²) in [5.74, 6) is 0.331. The minimum atomic E-state index is -4.25. The van der Waals surface area contributed by atoms with Gasteiger partial charge in [0, 0.05) is 18.9 Å². The summed E-state index contributed by atoms with van der Waals surface area (Å²) in [6.45, 7) is -0.758. The van der Waals surface area contributed by atoms with E-state index in [4.69, 9.17) is 0 Å². The molecule has 0 amide bonds. The van der Waals surface area contributed by atoms with Crippen LogP contribution in [0.15, 0.2) is 24.3 Å². The smallest absolute Gasteiger partial charge is 0.332 e. The third-order valence-corrected chi connectivity index (χ3v) is 3.13. The third kappa shape index (κ3) is 3.20. The number of benzene rings is 1. The van der Waals surface area contributed by atoms with Crippen LogP contribution in [0.2, 0.25) is 0 Å². The van der Waals surface area contributed by atoms with E-state index in [2.05, 4.69) is 20.9 Å². The quantitative estimate of drug-likeness (QED) is 0.799. The number of imidazole rings is 1. The Labute approximate surface area is 117 Å². The van der Waals surface area contributed by atoms with Gasteiger partial charge in [-0.15, -0.1) is 0 Å². The molecular weight excluding hydrogens is 323 g/mol. The Kier molecular flexibility index (Phi) is 4.03. The van der Waals surface area contributed by atoms with Gasteiger partial charge >= 0.3 is 6.18 Å². The number of halogens is 4. The van der Waals surface area contributed by atoms with Gasteiger partial charge in [-0.3, -0.25) is 0 Å². The summed E-state index contributed by atoms with van der Waals surface area (Å²) in [4.78, 5) is 5.51. The van der Waals surface area contributed by atoms with Crippen LogP contribution in [0, 0.1) is 0 Å². The molecule has 0 radical (unpaired) electrons. The molecule has 7 heteroatoms. The summed E-state index contributed by atoms with van der Waals surface area (Å²) in [7, 11) is 1.72. The molecule has 0 fully saturated rings. The first-order chi connectivity index (χ1) is 8.92. The van der Waals surface area contributed by atoms with E-state index in [9.17, 15) is 13.2 Å². The van der Waals surface area contributed by atoms with Crippen molar-refractivity contribution in [1.82, 2.24) is 9.55 Å². The number of alkyl halides is 4. The zero-order valence-electron chi connectivity index (χ0n) is 10.3. The number of rotatable bonds is 4. The summed E-state index contributed by atoms with van der Waals surface area (Å²) < 4.78 is 39.5. The fourth-order valence-corrected chi connectivity index (χ4v) is 2.41. The molecule has 0 spiro atoms. The largest absolute Gasteiger partial charge is 0.406 e. The number of anilines is 1. The van der Waals surface area contributed by atoms with Crippen LogP contribution in [0.1, 0.15) is 0 Å². The fraction of sp³-hybridized carbons (Fsp3) is 0.417. The van der Waals surface area contributed by atoms with E-state index in [-0.39, 0.29) is 6.54 Å². The number of hydrogen-bond acceptors (Lipinski definition) is 2. The number of hydrogen-bond donors (Lipinski definition) is 0. The highest BCUT2D eigenvalue weighted by molar-refractivity contribution is 9.09. The lowest BCUT2D eigenvalue weighted by Crippen LogP contribution is -2.37. The Bertz CT molecular complexity index is 565. The number of aryl methyl sites for hydroxylation is 1. The lowest BCUT2D eigenvalue weighted by atomic mass is 10.3. The van der Waals surface area contributed by atoms with Gasteiger partial charge in [-0.05, 0) is 12.1 Å². The molecule has 1 aromatic heterocycles. The Hall–Kier alpha value is -1.24. The van der Waals surface area contributed by atoms with Gasteiger partial charge in [0.15, 0.2) is 0 Å². The molecule has 1 heterocycles. The third-order valence-electron chi connectivity index (χ3n) is 2.77. The van der Waals surface area contributed by atoms with Crippen LogP contribution in [0.3, 0.4) is 0 Å². The van der Waals surface area contributed by atoms with E-state index in [0.29, 0.717) is 16.8 Å². The van der Waals surface area contributed by atoms with Gasteiger partial charge < -0.3 is 9.47 Å². The highest BCUT2D eigenvalue weighted by Crippen LogP contribution is 2.24. The van der Waals surface area contributed by atoms with E-state index in [1.165, 1.54) is 4.90 Å². The topological polar surface area (TPSA) is 21.1 Å². The average molecular weight is 336 g/mol. The summed E-state index contributed by atoms with van der Waals surface area (Å²) in [6, 6.07) is 7.29. The van der Waals surface area contributed by atoms with Crippen LogP contribution in [-0.2, 0) is 7.05 Å². The summed E-state index contributed by atoms with van der Waals surface area (Å²) in [5.41, 5.74) is 1.51. The molecular formula is C12H13BrF3N3. The molecule has 0 atom stereocenters. The van der Waals surface area contributed by atoms with Gasteiger partial charge in [-0.2, -0.15) is 13.2 Å². The standard InChI is InChI=1S/C12H13BrF3N3/c1-18-10-5-3-2-4-9(10)17-11(18)19(7-6-13)8-12(14,15)16/h2-5H,6-8H2,1H3. The van der Waals surface area contributed by atoms with E-state index in [1.807, 2.05) is 18.2 Å². The Morgan fingerprint density at radius 3 is 2.58 bits per heavy atom. The van der Waals surface area contributed by atoms with Crippen LogP contribution in [0.5, 0.6) is 0 Å². The predicted molar refractivity (Wildman–Crippen MR) is 72.8 cm³/mol. The molecule has 3 nitrogen and oxygen atoms in total. The minimum Gasteiger partial charge on any atom is -0.332 e. The van der Waals surface area contributed by atoms with Crippen molar-refractivity contribution in [3.8, 4) is 0 Å². The maximum absolute atomic E-state index is 12.6. The molecule has 2 aromatic rings. The van der Waals surface area contributed by atoms with Gasteiger partial charge in [0.2, 0.25) is 5.95 Å². The molecule has 104 valence electrons. The molecule has 0 saturated heterocycles. The molecule has 0 aliphatic rings. The summed E-state index contributed by atoms with van der Waals surface area (Å²) >= 11 is 3.18. The molecule has 0 saturated carbocycles. The van der Waals surface area contributed by atoms with Crippen molar-refractivity contribution in [1.29, 1.82) is 0 Å². The normalized spacial score (nSPS) is 12.1. The van der Waals surface area contributed by atoms with Crippen molar-refractivity contribution in [3.05, 3.63) is 24.3 Å². The molecule has 2 rings (SSSR count). The predicted octanol–water partition coefficient (Wildman–Crippen LogP) is 3.34. The van der Waals surface area contributed by atoms with Crippen LogP contribution < -0.4 is 4.90 Å². The van der Waals surface area contributed by atoms with Crippen LogP contribution in [0.4, 0.5) is 19.1 Å². The lowest BCUT2D eigenvalue weighted by Gasteiger charge is -2.23. The van der Waals surface area contributed by atoms with E-state index >= 15 is 0 Å². The maximum atomic E-state index is 12.6. The molecule has 0 N–H and O–H groups in total. The second-order valence-corrected chi connectivity index (χ2v) is 4.98. The number of para-hydroxylation sites is 2. The maximum Gasteiger partial charge on any atom is 0.406 e. The van der Waals surface area contributed by atoms with Crippen molar-refractivity contribution in [2.45, 2.75) is 6.18 Å². The van der Waals surface area contributed by atoms with Crippen LogP contribution >= 0.6 is 15.9 Å². The van der Waals surface area contributed by atoms with E-state index in [1.54, 1.807) is 17.7 Å². The van der Waals surface area contributed by atoms with E-state index in [0.717, 1.165) is 5.52 Å². The van der Waals surface area contributed by atoms with Crippen molar-refractivity contribution in [2.75, 3.05) is 23.3 Å². The number of aromatic nitrogens is 2. The monoisotopic (exact) mass is 335 g/mol. The fourth-order valence-electron chi connectivity index (χ4n) is 1.98. The first-order valence-corrected chi connectivity index (χ1v) is 6.83.